The molecule has 1 aromatic rings. The van der Waals surface area contributed by atoms with Gasteiger partial charge in [-0.2, -0.15) is 0 Å². The first-order valence-electron chi connectivity index (χ1n) is 6.22. The van der Waals surface area contributed by atoms with Gasteiger partial charge in [-0.3, -0.25) is 4.90 Å². The third kappa shape index (κ3) is 2.73. The molecule has 1 N–H and O–H groups in total. The molecule has 100 valence electrons. The summed E-state index contributed by atoms with van der Waals surface area (Å²) in [6.45, 7) is 3.61. The molecule has 1 aliphatic rings. The van der Waals surface area contributed by atoms with Crippen LogP contribution in [0.1, 0.15) is 42.1 Å². The monoisotopic (exact) mass is 253 g/mol. The number of rotatable bonds is 4. The van der Waals surface area contributed by atoms with E-state index < -0.39 is 5.97 Å². The zero-order chi connectivity index (χ0) is 13.1. The summed E-state index contributed by atoms with van der Waals surface area (Å²) in [7, 11) is 2.05. The average molecular weight is 253 g/mol. The molecule has 1 fully saturated rings. The lowest BCUT2D eigenvalue weighted by molar-refractivity contribution is 0.0273. The smallest absolute Gasteiger partial charge is 0.371 e. The molecule has 0 aromatic carbocycles. The summed E-state index contributed by atoms with van der Waals surface area (Å²) in [5, 5.41) is 8.84. The van der Waals surface area contributed by atoms with Crippen LogP contribution in [-0.2, 0) is 4.74 Å². The third-order valence-electron chi connectivity index (χ3n) is 3.63. The lowest BCUT2D eigenvalue weighted by atomic mass is 10.1. The van der Waals surface area contributed by atoms with Gasteiger partial charge >= 0.3 is 5.97 Å². The van der Waals surface area contributed by atoms with Gasteiger partial charge in [0.2, 0.25) is 5.76 Å². The van der Waals surface area contributed by atoms with Crippen LogP contribution < -0.4 is 0 Å². The van der Waals surface area contributed by atoms with Gasteiger partial charge in [-0.15, -0.1) is 0 Å². The second-order valence-corrected chi connectivity index (χ2v) is 4.69. The minimum Gasteiger partial charge on any atom is -0.475 e. The molecular weight excluding hydrogens is 234 g/mol. The molecular formula is C13H19NO4. The first-order valence-corrected chi connectivity index (χ1v) is 6.22. The van der Waals surface area contributed by atoms with Crippen molar-refractivity contribution in [3.8, 4) is 0 Å². The van der Waals surface area contributed by atoms with Crippen molar-refractivity contribution in [3.63, 3.8) is 0 Å². The third-order valence-corrected chi connectivity index (χ3v) is 3.63. The number of hydrogen-bond donors (Lipinski definition) is 1. The van der Waals surface area contributed by atoms with E-state index in [1.807, 2.05) is 14.0 Å². The maximum Gasteiger partial charge on any atom is 0.371 e. The van der Waals surface area contributed by atoms with Gasteiger partial charge in [0.05, 0.1) is 6.04 Å². The van der Waals surface area contributed by atoms with E-state index in [2.05, 4.69) is 4.90 Å². The van der Waals surface area contributed by atoms with Crippen LogP contribution in [0.2, 0.25) is 0 Å². The fourth-order valence-corrected chi connectivity index (χ4v) is 2.30. The van der Waals surface area contributed by atoms with Crippen molar-refractivity contribution in [1.82, 2.24) is 4.90 Å². The highest BCUT2D eigenvalue weighted by molar-refractivity contribution is 5.84. The summed E-state index contributed by atoms with van der Waals surface area (Å²) in [4.78, 5) is 13.0. The first-order chi connectivity index (χ1) is 8.59. The highest BCUT2D eigenvalue weighted by Crippen LogP contribution is 2.26. The Bertz CT molecular complexity index is 409. The van der Waals surface area contributed by atoms with Crippen molar-refractivity contribution >= 4 is 5.97 Å². The highest BCUT2D eigenvalue weighted by atomic mass is 16.5. The van der Waals surface area contributed by atoms with Crippen molar-refractivity contribution in [1.29, 1.82) is 0 Å². The van der Waals surface area contributed by atoms with Gasteiger partial charge in [-0.25, -0.2) is 4.79 Å². The van der Waals surface area contributed by atoms with Crippen LogP contribution in [0.4, 0.5) is 0 Å². The lowest BCUT2D eigenvalue weighted by Gasteiger charge is -2.34. The van der Waals surface area contributed by atoms with Crippen LogP contribution in [0.3, 0.4) is 0 Å². The number of nitrogens with zero attached hydrogens (tertiary/aromatic N) is 1. The quantitative estimate of drug-likeness (QED) is 0.890. The molecule has 1 saturated heterocycles. The average Bonchev–Trinajstić information content (AvgIpc) is 2.88. The van der Waals surface area contributed by atoms with E-state index >= 15 is 0 Å². The predicted molar refractivity (Wildman–Crippen MR) is 65.7 cm³/mol. The number of carboxylic acid groups (broad SMARTS) is 1. The topological polar surface area (TPSA) is 62.9 Å². The van der Waals surface area contributed by atoms with E-state index in [9.17, 15) is 4.79 Å². The standard InChI is InChI=1S/C13H19NO4/c1-9(11-3-4-12(18-11)13(15)16)14(2)10-5-7-17-8-6-10/h3-4,9-10H,5-8H2,1-2H3,(H,15,16). The molecule has 18 heavy (non-hydrogen) atoms. The Morgan fingerprint density at radius 2 is 2.11 bits per heavy atom. The summed E-state index contributed by atoms with van der Waals surface area (Å²) < 4.78 is 10.7. The molecule has 5 nitrogen and oxygen atoms in total. The number of aromatic carboxylic acids is 1. The molecule has 0 saturated carbocycles. The molecule has 2 rings (SSSR count). The molecule has 0 bridgehead atoms. The largest absolute Gasteiger partial charge is 0.475 e. The van der Waals surface area contributed by atoms with Gasteiger partial charge in [0.1, 0.15) is 5.76 Å². The van der Waals surface area contributed by atoms with Crippen LogP contribution in [0.15, 0.2) is 16.5 Å². The van der Waals surface area contributed by atoms with E-state index in [4.69, 9.17) is 14.3 Å². The van der Waals surface area contributed by atoms with E-state index in [-0.39, 0.29) is 11.8 Å². The fourth-order valence-electron chi connectivity index (χ4n) is 2.30. The molecule has 0 radical (unpaired) electrons. The molecule has 1 unspecified atom stereocenters. The van der Waals surface area contributed by atoms with Crippen molar-refractivity contribution in [2.24, 2.45) is 0 Å². The van der Waals surface area contributed by atoms with Crippen molar-refractivity contribution in [2.45, 2.75) is 31.8 Å². The Morgan fingerprint density at radius 3 is 2.67 bits per heavy atom. The summed E-state index contributed by atoms with van der Waals surface area (Å²) >= 11 is 0. The summed E-state index contributed by atoms with van der Waals surface area (Å²) in [6, 6.07) is 3.78. The minimum atomic E-state index is -1.03. The predicted octanol–water partition coefficient (Wildman–Crippen LogP) is 2.15. The van der Waals surface area contributed by atoms with Crippen LogP contribution in [0, 0.1) is 0 Å². The van der Waals surface area contributed by atoms with Crippen molar-refractivity contribution in [3.05, 3.63) is 23.7 Å². The van der Waals surface area contributed by atoms with E-state index in [0.717, 1.165) is 26.1 Å². The molecule has 1 atom stereocenters. The van der Waals surface area contributed by atoms with Gasteiger partial charge in [0, 0.05) is 19.3 Å². The second kappa shape index (κ2) is 5.54. The molecule has 2 heterocycles. The first kappa shape index (κ1) is 13.1. The molecule has 1 aliphatic heterocycles. The number of carbonyl (C=O) groups is 1. The van der Waals surface area contributed by atoms with E-state index in [0.29, 0.717) is 11.8 Å². The van der Waals surface area contributed by atoms with E-state index in [1.165, 1.54) is 6.07 Å². The van der Waals surface area contributed by atoms with Gasteiger partial charge in [-0.1, -0.05) is 0 Å². The molecule has 0 amide bonds. The summed E-state index contributed by atoms with van der Waals surface area (Å²) in [5.74, 6) is -0.333. The lowest BCUT2D eigenvalue weighted by Crippen LogP contribution is -2.38. The van der Waals surface area contributed by atoms with Gasteiger partial charge in [-0.05, 0) is 38.9 Å². The maximum absolute atomic E-state index is 10.8. The Balaban J connectivity index is 2.04. The van der Waals surface area contributed by atoms with Crippen molar-refractivity contribution in [2.75, 3.05) is 20.3 Å². The number of hydrogen-bond acceptors (Lipinski definition) is 4. The molecule has 0 spiro atoms. The van der Waals surface area contributed by atoms with Crippen LogP contribution in [0.25, 0.3) is 0 Å². The Hall–Kier alpha value is -1.33. The summed E-state index contributed by atoms with van der Waals surface area (Å²) in [5.41, 5.74) is 0. The maximum atomic E-state index is 10.8. The molecule has 5 heteroatoms. The normalized spacial score (nSPS) is 19.1. The minimum absolute atomic E-state index is 0.00257. The van der Waals surface area contributed by atoms with Crippen LogP contribution in [0.5, 0.6) is 0 Å². The van der Waals surface area contributed by atoms with Gasteiger partial charge in [0.15, 0.2) is 0 Å². The molecule has 1 aromatic heterocycles. The SMILES string of the molecule is CC(c1ccc(C(=O)O)o1)N(C)C1CCOCC1. The molecule has 0 aliphatic carbocycles. The van der Waals surface area contributed by atoms with Crippen LogP contribution in [-0.4, -0.2) is 42.3 Å². The number of ether oxygens (including phenoxy) is 1. The number of furan rings is 1. The Labute approximate surface area is 106 Å². The van der Waals surface area contributed by atoms with Gasteiger partial charge in [0.25, 0.3) is 0 Å². The Morgan fingerprint density at radius 1 is 1.44 bits per heavy atom. The zero-order valence-electron chi connectivity index (χ0n) is 10.8. The van der Waals surface area contributed by atoms with Crippen molar-refractivity contribution < 1.29 is 19.1 Å². The zero-order valence-corrected chi connectivity index (χ0v) is 10.8. The van der Waals surface area contributed by atoms with Gasteiger partial charge < -0.3 is 14.3 Å². The highest BCUT2D eigenvalue weighted by Gasteiger charge is 2.25. The fraction of sp³-hybridized carbons (Fsp3) is 0.615. The number of carboxylic acids is 1. The Kier molecular flexibility index (Phi) is 4.04. The second-order valence-electron chi connectivity index (χ2n) is 4.69. The van der Waals surface area contributed by atoms with Crippen LogP contribution >= 0.6 is 0 Å². The summed E-state index contributed by atoms with van der Waals surface area (Å²) in [6.07, 6.45) is 2.01. The van der Waals surface area contributed by atoms with E-state index in [1.54, 1.807) is 6.07 Å².